The maximum atomic E-state index is 11.8. The van der Waals surface area contributed by atoms with E-state index in [4.69, 9.17) is 0 Å². The highest BCUT2D eigenvalue weighted by Gasteiger charge is 2.10. The van der Waals surface area contributed by atoms with Crippen molar-refractivity contribution in [3.05, 3.63) is 29.6 Å². The van der Waals surface area contributed by atoms with Crippen molar-refractivity contribution in [2.75, 3.05) is 19.6 Å². The van der Waals surface area contributed by atoms with Crippen molar-refractivity contribution in [2.24, 2.45) is 7.05 Å². The summed E-state index contributed by atoms with van der Waals surface area (Å²) in [5.41, 5.74) is 1.88. The van der Waals surface area contributed by atoms with E-state index in [-0.39, 0.29) is 18.3 Å². The summed E-state index contributed by atoms with van der Waals surface area (Å²) < 4.78 is 1.58. The fraction of sp³-hybridized carbons (Fsp3) is 0.455. The molecule has 94 valence electrons. The molecule has 17 heavy (non-hydrogen) atoms. The molecular formula is C11H17ClN4O. The molecule has 0 fully saturated rings. The highest BCUT2D eigenvalue weighted by atomic mass is 35.5. The van der Waals surface area contributed by atoms with E-state index in [0.29, 0.717) is 12.2 Å². The van der Waals surface area contributed by atoms with E-state index in [2.05, 4.69) is 21.8 Å². The first-order chi connectivity index (χ1) is 7.77. The van der Waals surface area contributed by atoms with Crippen LogP contribution in [-0.2, 0) is 7.05 Å². The van der Waals surface area contributed by atoms with Crippen molar-refractivity contribution in [3.8, 4) is 0 Å². The van der Waals surface area contributed by atoms with Gasteiger partial charge < -0.3 is 10.6 Å². The minimum Gasteiger partial charge on any atom is -0.347 e. The fourth-order valence-electron chi connectivity index (χ4n) is 1.71. The summed E-state index contributed by atoms with van der Waals surface area (Å²) in [5.74, 6) is -0.0700. The third-order valence-corrected chi connectivity index (χ3v) is 2.69. The number of halogens is 1. The lowest BCUT2D eigenvalue weighted by Crippen LogP contribution is -2.30. The van der Waals surface area contributed by atoms with Crippen LogP contribution in [-0.4, -0.2) is 35.3 Å². The van der Waals surface area contributed by atoms with Gasteiger partial charge in [-0.15, -0.1) is 12.4 Å². The second-order valence-corrected chi connectivity index (χ2v) is 3.84. The van der Waals surface area contributed by atoms with Gasteiger partial charge in [-0.2, -0.15) is 5.10 Å². The Morgan fingerprint density at radius 2 is 2.47 bits per heavy atom. The summed E-state index contributed by atoms with van der Waals surface area (Å²) in [7, 11) is 1.76. The summed E-state index contributed by atoms with van der Waals surface area (Å²) in [6, 6.07) is 1.71. The SMILES string of the molecule is Cl.Cn1nccc1C(=O)NCC1=CCNCC1. The first-order valence-electron chi connectivity index (χ1n) is 5.42. The highest BCUT2D eigenvalue weighted by Crippen LogP contribution is 2.03. The largest absolute Gasteiger partial charge is 0.347 e. The summed E-state index contributed by atoms with van der Waals surface area (Å²) in [4.78, 5) is 11.8. The number of carbonyl (C=O) groups excluding carboxylic acids is 1. The van der Waals surface area contributed by atoms with Gasteiger partial charge in [0.15, 0.2) is 0 Å². The standard InChI is InChI=1S/C11H16N4O.ClH/c1-15-10(4-7-14-15)11(16)13-8-9-2-5-12-6-3-9;/h2,4,7,12H,3,5-6,8H2,1H3,(H,13,16);1H. The molecule has 1 aliphatic rings. The van der Waals surface area contributed by atoms with Crippen LogP contribution in [0.2, 0.25) is 0 Å². The monoisotopic (exact) mass is 256 g/mol. The molecule has 0 saturated heterocycles. The van der Waals surface area contributed by atoms with Gasteiger partial charge in [-0.05, 0) is 19.0 Å². The summed E-state index contributed by atoms with van der Waals surface area (Å²) in [5, 5.41) is 10.1. The number of carbonyl (C=O) groups is 1. The van der Waals surface area contributed by atoms with Crippen LogP contribution < -0.4 is 10.6 Å². The molecule has 0 aliphatic carbocycles. The van der Waals surface area contributed by atoms with Gasteiger partial charge in [0.1, 0.15) is 5.69 Å². The summed E-state index contributed by atoms with van der Waals surface area (Å²) in [6.07, 6.45) is 4.76. The Bertz CT molecular complexity index is 413. The van der Waals surface area contributed by atoms with E-state index >= 15 is 0 Å². The lowest BCUT2D eigenvalue weighted by molar-refractivity contribution is 0.0947. The zero-order valence-corrected chi connectivity index (χ0v) is 10.6. The second-order valence-electron chi connectivity index (χ2n) is 3.84. The van der Waals surface area contributed by atoms with Gasteiger partial charge in [-0.25, -0.2) is 0 Å². The van der Waals surface area contributed by atoms with Crippen LogP contribution in [0.4, 0.5) is 0 Å². The van der Waals surface area contributed by atoms with Crippen LogP contribution in [0, 0.1) is 0 Å². The minimum absolute atomic E-state index is 0. The molecule has 1 aromatic rings. The average molecular weight is 257 g/mol. The predicted molar refractivity (Wildman–Crippen MR) is 68.4 cm³/mol. The molecule has 0 radical (unpaired) electrons. The Hall–Kier alpha value is -1.33. The number of aryl methyl sites for hydroxylation is 1. The van der Waals surface area contributed by atoms with Crippen LogP contribution in [0.15, 0.2) is 23.9 Å². The van der Waals surface area contributed by atoms with Gasteiger partial charge in [0.25, 0.3) is 5.91 Å². The first kappa shape index (κ1) is 13.7. The number of hydrogen-bond donors (Lipinski definition) is 2. The predicted octanol–water partition coefficient (Wildman–Crippen LogP) is 0.491. The maximum Gasteiger partial charge on any atom is 0.269 e. The molecular weight excluding hydrogens is 240 g/mol. The van der Waals surface area contributed by atoms with Gasteiger partial charge in [0, 0.05) is 26.3 Å². The molecule has 0 unspecified atom stereocenters. The van der Waals surface area contributed by atoms with Gasteiger partial charge >= 0.3 is 0 Å². The molecule has 0 atom stereocenters. The molecule has 6 heteroatoms. The molecule has 0 saturated carbocycles. The van der Waals surface area contributed by atoms with Gasteiger partial charge in [-0.1, -0.05) is 11.6 Å². The number of amides is 1. The van der Waals surface area contributed by atoms with Crippen molar-refractivity contribution in [2.45, 2.75) is 6.42 Å². The maximum absolute atomic E-state index is 11.8. The van der Waals surface area contributed by atoms with Crippen molar-refractivity contribution in [1.29, 1.82) is 0 Å². The molecule has 0 aromatic carbocycles. The van der Waals surface area contributed by atoms with Gasteiger partial charge in [-0.3, -0.25) is 9.48 Å². The topological polar surface area (TPSA) is 59.0 Å². The van der Waals surface area contributed by atoms with Crippen molar-refractivity contribution >= 4 is 18.3 Å². The molecule has 1 aromatic heterocycles. The summed E-state index contributed by atoms with van der Waals surface area (Å²) >= 11 is 0. The quantitative estimate of drug-likeness (QED) is 0.774. The molecule has 5 nitrogen and oxygen atoms in total. The van der Waals surface area contributed by atoms with E-state index in [9.17, 15) is 4.79 Å². The van der Waals surface area contributed by atoms with Gasteiger partial charge in [0.05, 0.1) is 0 Å². The Labute approximate surface area is 107 Å². The van der Waals surface area contributed by atoms with E-state index in [1.807, 2.05) is 0 Å². The van der Waals surface area contributed by atoms with E-state index in [1.165, 1.54) is 5.57 Å². The zero-order chi connectivity index (χ0) is 11.4. The Morgan fingerprint density at radius 3 is 3.06 bits per heavy atom. The van der Waals surface area contributed by atoms with Crippen LogP contribution >= 0.6 is 12.4 Å². The molecule has 1 amide bonds. The Balaban J connectivity index is 0.00000144. The van der Waals surface area contributed by atoms with Crippen molar-refractivity contribution in [1.82, 2.24) is 20.4 Å². The van der Waals surface area contributed by atoms with E-state index in [1.54, 1.807) is 24.0 Å². The molecule has 2 N–H and O–H groups in total. The first-order valence-corrected chi connectivity index (χ1v) is 5.42. The van der Waals surface area contributed by atoms with Crippen molar-refractivity contribution in [3.63, 3.8) is 0 Å². The summed E-state index contributed by atoms with van der Waals surface area (Å²) in [6.45, 7) is 2.52. The lowest BCUT2D eigenvalue weighted by Gasteiger charge is -2.14. The molecule has 1 aliphatic heterocycles. The van der Waals surface area contributed by atoms with Crippen LogP contribution in [0.1, 0.15) is 16.9 Å². The van der Waals surface area contributed by atoms with Crippen LogP contribution in [0.25, 0.3) is 0 Å². The van der Waals surface area contributed by atoms with Crippen LogP contribution in [0.3, 0.4) is 0 Å². The van der Waals surface area contributed by atoms with E-state index in [0.717, 1.165) is 19.5 Å². The fourth-order valence-corrected chi connectivity index (χ4v) is 1.71. The smallest absolute Gasteiger partial charge is 0.269 e. The van der Waals surface area contributed by atoms with Gasteiger partial charge in [0.2, 0.25) is 0 Å². The third-order valence-electron chi connectivity index (χ3n) is 2.69. The molecule has 2 rings (SSSR count). The average Bonchev–Trinajstić information content (AvgIpc) is 2.74. The van der Waals surface area contributed by atoms with E-state index < -0.39 is 0 Å². The third kappa shape index (κ3) is 3.57. The number of nitrogens with zero attached hydrogens (tertiary/aromatic N) is 2. The number of hydrogen-bond acceptors (Lipinski definition) is 3. The van der Waals surface area contributed by atoms with Crippen molar-refractivity contribution < 1.29 is 4.79 Å². The number of aromatic nitrogens is 2. The number of rotatable bonds is 3. The normalized spacial score (nSPS) is 14.8. The Morgan fingerprint density at radius 1 is 1.65 bits per heavy atom. The highest BCUT2D eigenvalue weighted by molar-refractivity contribution is 5.92. The molecule has 2 heterocycles. The molecule has 0 bridgehead atoms. The molecule has 0 spiro atoms. The number of nitrogens with one attached hydrogen (secondary N) is 2. The minimum atomic E-state index is -0.0700. The Kier molecular flexibility index (Phi) is 5.18. The second kappa shape index (κ2) is 6.42. The van der Waals surface area contributed by atoms with Crippen LogP contribution in [0.5, 0.6) is 0 Å². The zero-order valence-electron chi connectivity index (χ0n) is 9.77. The lowest BCUT2D eigenvalue weighted by atomic mass is 10.1.